The van der Waals surface area contributed by atoms with Crippen LogP contribution in [0.25, 0.3) is 16.9 Å². The minimum absolute atomic E-state index is 0.737. The van der Waals surface area contributed by atoms with Crippen molar-refractivity contribution in [2.24, 2.45) is 0 Å². The Morgan fingerprint density at radius 1 is 1.21 bits per heavy atom. The number of rotatable bonds is 3. The zero-order chi connectivity index (χ0) is 16.7. The molecule has 1 aliphatic heterocycles. The van der Waals surface area contributed by atoms with E-state index in [1.54, 1.807) is 7.11 Å². The van der Waals surface area contributed by atoms with Gasteiger partial charge in [-0.05, 0) is 49.2 Å². The van der Waals surface area contributed by atoms with Gasteiger partial charge in [0.2, 0.25) is 0 Å². The Morgan fingerprint density at radius 3 is 2.88 bits per heavy atom. The van der Waals surface area contributed by atoms with Crippen molar-refractivity contribution in [2.45, 2.75) is 13.3 Å². The molecule has 3 aromatic rings. The largest absolute Gasteiger partial charge is 0.497 e. The summed E-state index contributed by atoms with van der Waals surface area (Å²) in [6.45, 7) is 2.98. The number of aromatic nitrogens is 2. The van der Waals surface area contributed by atoms with E-state index in [4.69, 9.17) is 21.4 Å². The normalized spacial score (nSPS) is 12.8. The first-order chi connectivity index (χ1) is 11.7. The Bertz CT molecular complexity index is 917. The molecule has 24 heavy (non-hydrogen) atoms. The Kier molecular flexibility index (Phi) is 3.69. The second-order valence-corrected chi connectivity index (χ2v) is 6.36. The van der Waals surface area contributed by atoms with Crippen LogP contribution in [0.15, 0.2) is 42.5 Å². The standard InChI is InChI=1S/C19H18ClN3O/c1-12-10-14(20)6-7-17(12)23-19-16(8-9-21-19)18(22-23)13-4-3-5-15(11-13)24-2/h3-7,10-11,21H,8-9H2,1-2H3. The molecule has 0 spiro atoms. The van der Waals surface area contributed by atoms with Gasteiger partial charge in [0.05, 0.1) is 18.5 Å². The summed E-state index contributed by atoms with van der Waals surface area (Å²) in [6.07, 6.45) is 0.967. The summed E-state index contributed by atoms with van der Waals surface area (Å²) in [5, 5.41) is 9.09. The second-order valence-electron chi connectivity index (χ2n) is 5.93. The molecule has 1 aromatic heterocycles. The van der Waals surface area contributed by atoms with Gasteiger partial charge in [-0.1, -0.05) is 23.7 Å². The highest BCUT2D eigenvalue weighted by Gasteiger charge is 2.24. The number of hydrogen-bond donors (Lipinski definition) is 1. The van der Waals surface area contributed by atoms with Gasteiger partial charge in [-0.2, -0.15) is 5.10 Å². The van der Waals surface area contributed by atoms with Crippen LogP contribution in [0, 0.1) is 6.92 Å². The van der Waals surface area contributed by atoms with E-state index in [1.807, 2.05) is 41.1 Å². The third kappa shape index (κ3) is 2.43. The SMILES string of the molecule is COc1cccc(-c2nn(-c3ccc(Cl)cc3C)c3c2CCN3)c1. The van der Waals surface area contributed by atoms with Crippen LogP contribution in [-0.2, 0) is 6.42 Å². The smallest absolute Gasteiger partial charge is 0.133 e. The maximum absolute atomic E-state index is 6.10. The molecule has 2 heterocycles. The number of nitrogens with one attached hydrogen (secondary N) is 1. The topological polar surface area (TPSA) is 39.1 Å². The van der Waals surface area contributed by atoms with Crippen LogP contribution in [0.4, 0.5) is 5.82 Å². The summed E-state index contributed by atoms with van der Waals surface area (Å²) < 4.78 is 7.34. The van der Waals surface area contributed by atoms with E-state index >= 15 is 0 Å². The van der Waals surface area contributed by atoms with Crippen molar-refractivity contribution in [3.05, 3.63) is 58.6 Å². The van der Waals surface area contributed by atoms with Gasteiger partial charge < -0.3 is 10.1 Å². The molecule has 0 atom stereocenters. The van der Waals surface area contributed by atoms with Crippen LogP contribution in [0.1, 0.15) is 11.1 Å². The number of hydrogen-bond acceptors (Lipinski definition) is 3. The number of nitrogens with zero attached hydrogens (tertiary/aromatic N) is 2. The molecule has 0 unspecified atom stereocenters. The molecule has 1 N–H and O–H groups in total. The summed E-state index contributed by atoms with van der Waals surface area (Å²) in [5.74, 6) is 1.91. The lowest BCUT2D eigenvalue weighted by Gasteiger charge is -2.10. The van der Waals surface area contributed by atoms with Crippen LogP contribution in [-0.4, -0.2) is 23.4 Å². The predicted molar refractivity (Wildman–Crippen MR) is 97.5 cm³/mol. The fourth-order valence-corrected chi connectivity index (χ4v) is 3.43. The molecule has 4 nitrogen and oxygen atoms in total. The van der Waals surface area contributed by atoms with E-state index in [-0.39, 0.29) is 0 Å². The number of anilines is 1. The Labute approximate surface area is 146 Å². The monoisotopic (exact) mass is 339 g/mol. The predicted octanol–water partition coefficient (Wildman–Crippen LogP) is 4.48. The summed E-state index contributed by atoms with van der Waals surface area (Å²) in [7, 11) is 1.68. The Balaban J connectivity index is 1.89. The fourth-order valence-electron chi connectivity index (χ4n) is 3.21. The third-order valence-corrected chi connectivity index (χ3v) is 4.62. The number of ether oxygens (including phenoxy) is 1. The molecule has 0 bridgehead atoms. The molecular formula is C19H18ClN3O. The van der Waals surface area contributed by atoms with Crippen molar-refractivity contribution >= 4 is 17.4 Å². The van der Waals surface area contributed by atoms with Gasteiger partial charge in [-0.3, -0.25) is 0 Å². The van der Waals surface area contributed by atoms with Gasteiger partial charge in [0, 0.05) is 22.7 Å². The van der Waals surface area contributed by atoms with Crippen molar-refractivity contribution in [3.8, 4) is 22.7 Å². The van der Waals surface area contributed by atoms with Crippen LogP contribution in [0.3, 0.4) is 0 Å². The van der Waals surface area contributed by atoms with E-state index in [0.717, 1.165) is 52.1 Å². The molecule has 122 valence electrons. The van der Waals surface area contributed by atoms with Crippen molar-refractivity contribution in [2.75, 3.05) is 19.0 Å². The lowest BCUT2D eigenvalue weighted by atomic mass is 10.1. The van der Waals surface area contributed by atoms with E-state index in [9.17, 15) is 0 Å². The van der Waals surface area contributed by atoms with Crippen molar-refractivity contribution in [1.82, 2.24) is 9.78 Å². The van der Waals surface area contributed by atoms with Crippen LogP contribution in [0.2, 0.25) is 5.02 Å². The maximum atomic E-state index is 6.10. The van der Waals surface area contributed by atoms with Gasteiger partial charge in [-0.25, -0.2) is 4.68 Å². The first kappa shape index (κ1) is 15.1. The molecular weight excluding hydrogens is 322 g/mol. The Morgan fingerprint density at radius 2 is 2.08 bits per heavy atom. The molecule has 1 aliphatic rings. The molecule has 0 amide bonds. The van der Waals surface area contributed by atoms with Gasteiger partial charge in [0.25, 0.3) is 0 Å². The van der Waals surface area contributed by atoms with E-state index in [1.165, 1.54) is 5.56 Å². The average molecular weight is 340 g/mol. The van der Waals surface area contributed by atoms with Crippen LogP contribution >= 0.6 is 11.6 Å². The first-order valence-electron chi connectivity index (χ1n) is 7.94. The van der Waals surface area contributed by atoms with Gasteiger partial charge in [0.1, 0.15) is 11.6 Å². The van der Waals surface area contributed by atoms with Crippen molar-refractivity contribution < 1.29 is 4.74 Å². The molecule has 5 heteroatoms. The zero-order valence-electron chi connectivity index (χ0n) is 13.6. The quantitative estimate of drug-likeness (QED) is 0.764. The first-order valence-corrected chi connectivity index (χ1v) is 8.32. The molecule has 0 aliphatic carbocycles. The highest BCUT2D eigenvalue weighted by atomic mass is 35.5. The van der Waals surface area contributed by atoms with Crippen molar-refractivity contribution in [1.29, 1.82) is 0 Å². The Hall–Kier alpha value is -2.46. The van der Waals surface area contributed by atoms with E-state index in [0.29, 0.717) is 0 Å². The van der Waals surface area contributed by atoms with Gasteiger partial charge in [0.15, 0.2) is 0 Å². The number of methoxy groups -OCH3 is 1. The summed E-state index contributed by atoms with van der Waals surface area (Å²) >= 11 is 6.10. The number of halogens is 1. The molecule has 4 rings (SSSR count). The molecule has 0 saturated heterocycles. The average Bonchev–Trinajstić information content (AvgIpc) is 3.18. The molecule has 2 aromatic carbocycles. The fraction of sp³-hybridized carbons (Fsp3) is 0.211. The highest BCUT2D eigenvalue weighted by Crippen LogP contribution is 2.36. The van der Waals surface area contributed by atoms with Crippen LogP contribution < -0.4 is 10.1 Å². The minimum Gasteiger partial charge on any atom is -0.497 e. The highest BCUT2D eigenvalue weighted by molar-refractivity contribution is 6.30. The number of fused-ring (bicyclic) bond motifs is 1. The number of aryl methyl sites for hydroxylation is 1. The van der Waals surface area contributed by atoms with E-state index in [2.05, 4.69) is 18.3 Å². The molecule has 0 radical (unpaired) electrons. The number of benzene rings is 2. The van der Waals surface area contributed by atoms with E-state index < -0.39 is 0 Å². The zero-order valence-corrected chi connectivity index (χ0v) is 14.4. The minimum atomic E-state index is 0.737. The van der Waals surface area contributed by atoms with Gasteiger partial charge in [-0.15, -0.1) is 0 Å². The van der Waals surface area contributed by atoms with Crippen molar-refractivity contribution in [3.63, 3.8) is 0 Å². The molecule has 0 fully saturated rings. The lowest BCUT2D eigenvalue weighted by molar-refractivity contribution is 0.415. The van der Waals surface area contributed by atoms with Gasteiger partial charge >= 0.3 is 0 Å². The second kappa shape index (κ2) is 5.87. The third-order valence-electron chi connectivity index (χ3n) is 4.38. The molecule has 0 saturated carbocycles. The lowest BCUT2D eigenvalue weighted by Crippen LogP contribution is -2.05. The summed E-state index contributed by atoms with van der Waals surface area (Å²) in [4.78, 5) is 0. The van der Waals surface area contributed by atoms with Crippen LogP contribution in [0.5, 0.6) is 5.75 Å². The maximum Gasteiger partial charge on any atom is 0.133 e. The summed E-state index contributed by atoms with van der Waals surface area (Å²) in [6, 6.07) is 13.9. The summed E-state index contributed by atoms with van der Waals surface area (Å²) in [5.41, 5.74) is 5.46.